The van der Waals surface area contributed by atoms with Crippen molar-refractivity contribution in [3.8, 4) is 0 Å². The Morgan fingerprint density at radius 1 is 1.35 bits per heavy atom. The molecular formula is C12H11ClN2O3S2. The lowest BCUT2D eigenvalue weighted by molar-refractivity contribution is 0.100. The van der Waals surface area contributed by atoms with Gasteiger partial charge in [0, 0.05) is 10.4 Å². The van der Waals surface area contributed by atoms with E-state index in [1.54, 1.807) is 12.1 Å². The van der Waals surface area contributed by atoms with E-state index in [1.807, 2.05) is 6.92 Å². The second kappa shape index (κ2) is 5.43. The van der Waals surface area contributed by atoms with Crippen LogP contribution in [0.3, 0.4) is 0 Å². The van der Waals surface area contributed by atoms with Gasteiger partial charge in [0.15, 0.2) is 0 Å². The number of halogens is 1. The van der Waals surface area contributed by atoms with Gasteiger partial charge in [-0.15, -0.1) is 11.3 Å². The molecule has 0 fully saturated rings. The molecule has 106 valence electrons. The second-order valence-corrected chi connectivity index (χ2v) is 7.08. The van der Waals surface area contributed by atoms with Crippen molar-refractivity contribution in [1.82, 2.24) is 0 Å². The highest BCUT2D eigenvalue weighted by Crippen LogP contribution is 2.24. The average Bonchev–Trinajstić information content (AvgIpc) is 2.84. The number of carbonyl (C=O) groups excluding carboxylic acids is 1. The Kier molecular flexibility index (Phi) is 4.03. The third-order valence-electron chi connectivity index (χ3n) is 2.55. The van der Waals surface area contributed by atoms with Gasteiger partial charge in [0.05, 0.1) is 15.5 Å². The number of hydrogen-bond donors (Lipinski definition) is 2. The van der Waals surface area contributed by atoms with Crippen molar-refractivity contribution in [2.75, 3.05) is 4.72 Å². The standard InChI is InChI=1S/C12H11ClN2O3S2/c1-7-2-3-8(4-10(7)13)15-20(17,18)9-5-11(12(14)16)19-6-9/h2-6,15H,1H3,(H2,14,16). The maximum absolute atomic E-state index is 12.1. The molecule has 5 nitrogen and oxygen atoms in total. The van der Waals surface area contributed by atoms with Gasteiger partial charge in [0.2, 0.25) is 0 Å². The van der Waals surface area contributed by atoms with Crippen molar-refractivity contribution in [3.05, 3.63) is 45.1 Å². The van der Waals surface area contributed by atoms with Gasteiger partial charge in [0.25, 0.3) is 15.9 Å². The molecule has 0 radical (unpaired) electrons. The van der Waals surface area contributed by atoms with Crippen LogP contribution in [0.5, 0.6) is 0 Å². The lowest BCUT2D eigenvalue weighted by Gasteiger charge is -2.07. The van der Waals surface area contributed by atoms with Gasteiger partial charge in [0.1, 0.15) is 0 Å². The molecule has 0 atom stereocenters. The highest BCUT2D eigenvalue weighted by molar-refractivity contribution is 7.92. The largest absolute Gasteiger partial charge is 0.365 e. The van der Waals surface area contributed by atoms with E-state index >= 15 is 0 Å². The number of aryl methyl sites for hydroxylation is 1. The fourth-order valence-electron chi connectivity index (χ4n) is 1.46. The van der Waals surface area contributed by atoms with Crippen LogP contribution in [0.4, 0.5) is 5.69 Å². The number of hydrogen-bond acceptors (Lipinski definition) is 4. The van der Waals surface area contributed by atoms with E-state index in [0.29, 0.717) is 10.7 Å². The van der Waals surface area contributed by atoms with Crippen molar-refractivity contribution in [2.45, 2.75) is 11.8 Å². The van der Waals surface area contributed by atoms with E-state index in [0.717, 1.165) is 16.9 Å². The summed E-state index contributed by atoms with van der Waals surface area (Å²) in [5.74, 6) is -0.658. The third-order valence-corrected chi connectivity index (χ3v) is 5.41. The first kappa shape index (κ1) is 14.8. The fraction of sp³-hybridized carbons (Fsp3) is 0.0833. The zero-order chi connectivity index (χ0) is 14.9. The molecule has 1 amide bonds. The molecule has 1 heterocycles. The van der Waals surface area contributed by atoms with E-state index in [4.69, 9.17) is 17.3 Å². The Labute approximate surface area is 125 Å². The Morgan fingerprint density at radius 3 is 2.60 bits per heavy atom. The van der Waals surface area contributed by atoms with Crippen LogP contribution >= 0.6 is 22.9 Å². The van der Waals surface area contributed by atoms with Crippen LogP contribution < -0.4 is 10.5 Å². The minimum Gasteiger partial charge on any atom is -0.365 e. The molecule has 20 heavy (non-hydrogen) atoms. The Bertz CT molecular complexity index is 769. The first-order valence-electron chi connectivity index (χ1n) is 5.47. The third kappa shape index (κ3) is 3.12. The van der Waals surface area contributed by atoms with Crippen molar-refractivity contribution in [2.24, 2.45) is 5.73 Å². The van der Waals surface area contributed by atoms with Crippen LogP contribution in [0.1, 0.15) is 15.2 Å². The molecule has 2 aromatic rings. The quantitative estimate of drug-likeness (QED) is 0.903. The lowest BCUT2D eigenvalue weighted by atomic mass is 10.2. The SMILES string of the molecule is Cc1ccc(NS(=O)(=O)c2csc(C(N)=O)c2)cc1Cl. The van der Waals surface area contributed by atoms with Crippen LogP contribution in [0.2, 0.25) is 5.02 Å². The summed E-state index contributed by atoms with van der Waals surface area (Å²) in [6.45, 7) is 1.82. The van der Waals surface area contributed by atoms with Crippen LogP contribution in [0, 0.1) is 6.92 Å². The Morgan fingerprint density at radius 2 is 2.05 bits per heavy atom. The molecule has 0 unspecified atom stereocenters. The minimum absolute atomic E-state index is 0.00648. The zero-order valence-corrected chi connectivity index (χ0v) is 12.8. The lowest BCUT2D eigenvalue weighted by Crippen LogP contribution is -2.13. The normalized spacial score (nSPS) is 11.3. The van der Waals surface area contributed by atoms with E-state index in [1.165, 1.54) is 17.5 Å². The summed E-state index contributed by atoms with van der Waals surface area (Å²) in [5.41, 5.74) is 6.30. The molecule has 2 rings (SSSR count). The number of thiophene rings is 1. The molecule has 0 saturated carbocycles. The van der Waals surface area contributed by atoms with Gasteiger partial charge in [-0.3, -0.25) is 9.52 Å². The number of nitrogens with one attached hydrogen (secondary N) is 1. The van der Waals surface area contributed by atoms with Gasteiger partial charge in [-0.2, -0.15) is 0 Å². The summed E-state index contributed by atoms with van der Waals surface area (Å²) in [6.07, 6.45) is 0. The maximum atomic E-state index is 12.1. The topological polar surface area (TPSA) is 89.3 Å². The van der Waals surface area contributed by atoms with Crippen LogP contribution in [-0.4, -0.2) is 14.3 Å². The highest BCUT2D eigenvalue weighted by atomic mass is 35.5. The average molecular weight is 331 g/mol. The van der Waals surface area contributed by atoms with Crippen LogP contribution in [0.15, 0.2) is 34.5 Å². The van der Waals surface area contributed by atoms with E-state index in [2.05, 4.69) is 4.72 Å². The summed E-state index contributed by atoms with van der Waals surface area (Å²) in [6, 6.07) is 6.09. The summed E-state index contributed by atoms with van der Waals surface area (Å²) in [7, 11) is -3.76. The van der Waals surface area contributed by atoms with Crippen molar-refractivity contribution in [1.29, 1.82) is 0 Å². The Balaban J connectivity index is 2.30. The molecule has 1 aromatic heterocycles. The molecular weight excluding hydrogens is 320 g/mol. The monoisotopic (exact) mass is 330 g/mol. The van der Waals surface area contributed by atoms with Gasteiger partial charge in [-0.05, 0) is 30.7 Å². The smallest absolute Gasteiger partial charge is 0.262 e. The van der Waals surface area contributed by atoms with Crippen LogP contribution in [-0.2, 0) is 10.0 Å². The number of primary amides is 1. The van der Waals surface area contributed by atoms with Gasteiger partial charge in [-0.1, -0.05) is 17.7 Å². The number of anilines is 1. The number of amides is 1. The van der Waals surface area contributed by atoms with Gasteiger partial charge < -0.3 is 5.73 Å². The molecule has 0 aliphatic heterocycles. The molecule has 0 spiro atoms. The number of nitrogens with two attached hydrogens (primary N) is 1. The molecule has 0 aliphatic carbocycles. The first-order chi connectivity index (χ1) is 9.29. The minimum atomic E-state index is -3.76. The number of sulfonamides is 1. The van der Waals surface area contributed by atoms with Crippen molar-refractivity contribution < 1.29 is 13.2 Å². The number of carbonyl (C=O) groups is 1. The predicted molar refractivity (Wildman–Crippen MR) is 79.8 cm³/mol. The van der Waals surface area contributed by atoms with E-state index in [9.17, 15) is 13.2 Å². The van der Waals surface area contributed by atoms with Crippen molar-refractivity contribution in [3.63, 3.8) is 0 Å². The number of benzene rings is 1. The molecule has 0 saturated heterocycles. The molecule has 8 heteroatoms. The fourth-order valence-corrected chi connectivity index (χ4v) is 3.82. The summed E-state index contributed by atoms with van der Waals surface area (Å²) in [5, 5.41) is 1.83. The first-order valence-corrected chi connectivity index (χ1v) is 8.21. The summed E-state index contributed by atoms with van der Waals surface area (Å²) >= 11 is 6.92. The van der Waals surface area contributed by atoms with Gasteiger partial charge >= 0.3 is 0 Å². The van der Waals surface area contributed by atoms with Crippen LogP contribution in [0.25, 0.3) is 0 Å². The summed E-state index contributed by atoms with van der Waals surface area (Å²) in [4.78, 5) is 11.2. The summed E-state index contributed by atoms with van der Waals surface area (Å²) < 4.78 is 26.7. The van der Waals surface area contributed by atoms with E-state index < -0.39 is 15.9 Å². The molecule has 0 aliphatic rings. The molecule has 0 bridgehead atoms. The van der Waals surface area contributed by atoms with Crippen molar-refractivity contribution >= 4 is 44.6 Å². The predicted octanol–water partition coefficient (Wildman–Crippen LogP) is 2.61. The highest BCUT2D eigenvalue weighted by Gasteiger charge is 2.18. The zero-order valence-electron chi connectivity index (χ0n) is 10.4. The second-order valence-electron chi connectivity index (χ2n) is 4.08. The Hall–Kier alpha value is -1.57. The number of rotatable bonds is 4. The molecule has 1 aromatic carbocycles. The van der Waals surface area contributed by atoms with Gasteiger partial charge in [-0.25, -0.2) is 8.42 Å². The van der Waals surface area contributed by atoms with E-state index in [-0.39, 0.29) is 9.77 Å². The molecule has 3 N–H and O–H groups in total. The maximum Gasteiger partial charge on any atom is 0.262 e.